The van der Waals surface area contributed by atoms with Gasteiger partial charge in [0.25, 0.3) is 11.5 Å². The van der Waals surface area contributed by atoms with Gasteiger partial charge in [0.05, 0.1) is 6.20 Å². The predicted molar refractivity (Wildman–Crippen MR) is 129 cm³/mol. The van der Waals surface area contributed by atoms with Gasteiger partial charge in [-0.25, -0.2) is 9.78 Å². The summed E-state index contributed by atoms with van der Waals surface area (Å²) < 4.78 is 1.71. The Morgan fingerprint density at radius 2 is 1.77 bits per heavy atom. The van der Waals surface area contributed by atoms with Crippen LogP contribution in [0.15, 0.2) is 59.8 Å². The summed E-state index contributed by atoms with van der Waals surface area (Å²) in [7, 11) is 0. The predicted octanol–water partition coefficient (Wildman–Crippen LogP) is 2.74. The number of urea groups is 1. The Labute approximate surface area is 201 Å². The molecule has 2 aromatic heterocycles. The zero-order chi connectivity index (χ0) is 24.5. The number of rotatable bonds is 4. The van der Waals surface area contributed by atoms with Crippen LogP contribution >= 0.6 is 0 Å². The highest BCUT2D eigenvalue weighted by Gasteiger charge is 2.36. The van der Waals surface area contributed by atoms with Crippen molar-refractivity contribution >= 4 is 29.1 Å². The van der Waals surface area contributed by atoms with Gasteiger partial charge in [0.2, 0.25) is 0 Å². The highest BCUT2D eigenvalue weighted by molar-refractivity contribution is 6.02. The number of hydrogen-bond donors (Lipinski definition) is 2. The van der Waals surface area contributed by atoms with E-state index in [0.29, 0.717) is 30.9 Å². The van der Waals surface area contributed by atoms with Crippen LogP contribution in [-0.4, -0.2) is 50.2 Å². The molecule has 0 aliphatic carbocycles. The SMILES string of the molecule is CC(=O)c1ccc(NC(=O)N2C[C@H]3C[C@H](C2)c2ccc(NC(=O)c4cnccn4)c(=O)n2C3)cc1. The van der Waals surface area contributed by atoms with Gasteiger partial charge in [-0.15, -0.1) is 0 Å². The van der Waals surface area contributed by atoms with Crippen LogP contribution in [-0.2, 0) is 6.54 Å². The van der Waals surface area contributed by atoms with Crippen LogP contribution < -0.4 is 16.2 Å². The normalized spacial score (nSPS) is 18.4. The molecule has 1 aromatic carbocycles. The Hall–Kier alpha value is -4.34. The van der Waals surface area contributed by atoms with E-state index in [1.54, 1.807) is 39.8 Å². The molecule has 35 heavy (non-hydrogen) atoms. The van der Waals surface area contributed by atoms with Crippen molar-refractivity contribution in [3.8, 4) is 0 Å². The van der Waals surface area contributed by atoms with Crippen molar-refractivity contribution in [2.45, 2.75) is 25.8 Å². The Kier molecular flexibility index (Phi) is 5.86. The number of fused-ring (bicyclic) bond motifs is 4. The van der Waals surface area contributed by atoms with Crippen LogP contribution in [0.3, 0.4) is 0 Å². The van der Waals surface area contributed by atoms with E-state index in [0.717, 1.165) is 12.1 Å². The van der Waals surface area contributed by atoms with Crippen LogP contribution in [0, 0.1) is 5.92 Å². The maximum Gasteiger partial charge on any atom is 0.321 e. The molecule has 0 unspecified atom stereocenters. The van der Waals surface area contributed by atoms with Crippen molar-refractivity contribution in [3.63, 3.8) is 0 Å². The summed E-state index contributed by atoms with van der Waals surface area (Å²) in [6, 6.07) is 10.0. The minimum absolute atomic E-state index is 0.0192. The molecule has 3 amide bonds. The third-order valence-electron chi connectivity index (χ3n) is 6.48. The second-order valence-electron chi connectivity index (χ2n) is 8.90. The first kappa shape index (κ1) is 22.5. The Morgan fingerprint density at radius 3 is 2.49 bits per heavy atom. The van der Waals surface area contributed by atoms with Gasteiger partial charge >= 0.3 is 6.03 Å². The molecule has 2 bridgehead atoms. The maximum atomic E-state index is 13.1. The fourth-order valence-corrected chi connectivity index (χ4v) is 4.80. The van der Waals surface area contributed by atoms with Crippen LogP contribution in [0.25, 0.3) is 0 Å². The summed E-state index contributed by atoms with van der Waals surface area (Å²) in [4.78, 5) is 59.6. The lowest BCUT2D eigenvalue weighted by atomic mass is 9.83. The number of nitrogens with zero attached hydrogens (tertiary/aromatic N) is 4. The van der Waals surface area contributed by atoms with Gasteiger partial charge in [0.1, 0.15) is 11.4 Å². The Balaban J connectivity index is 1.30. The number of Topliss-reactive ketones (excluding diaryl/α,β-unsaturated/α-hetero) is 1. The van der Waals surface area contributed by atoms with Gasteiger partial charge in [-0.3, -0.25) is 19.4 Å². The van der Waals surface area contributed by atoms with E-state index in [4.69, 9.17) is 0 Å². The van der Waals surface area contributed by atoms with Crippen molar-refractivity contribution in [2.24, 2.45) is 5.92 Å². The van der Waals surface area contributed by atoms with Gasteiger partial charge in [-0.2, -0.15) is 0 Å². The first-order chi connectivity index (χ1) is 16.9. The smallest absolute Gasteiger partial charge is 0.321 e. The topological polar surface area (TPSA) is 126 Å². The molecule has 10 nitrogen and oxygen atoms in total. The highest BCUT2D eigenvalue weighted by atomic mass is 16.2. The van der Waals surface area contributed by atoms with E-state index in [9.17, 15) is 19.2 Å². The van der Waals surface area contributed by atoms with Crippen molar-refractivity contribution in [1.29, 1.82) is 0 Å². The Bertz CT molecular complexity index is 1350. The first-order valence-corrected chi connectivity index (χ1v) is 11.4. The summed E-state index contributed by atoms with van der Waals surface area (Å²) >= 11 is 0. The molecule has 3 aromatic rings. The number of anilines is 2. The molecule has 2 N–H and O–H groups in total. The number of likely N-dealkylation sites (tertiary alicyclic amines) is 1. The standard InChI is InChI=1S/C25H24N6O4/c1-15(32)17-2-4-19(5-3-17)28-25(35)30-12-16-10-18(14-30)22-7-6-20(24(34)31(22)13-16)29-23(33)21-11-26-8-9-27-21/h2-9,11,16,18H,10,12-14H2,1H3,(H,28,35)(H,29,33)/t16-,18-/m1/s1. The molecule has 2 atom stereocenters. The van der Waals surface area contributed by atoms with Gasteiger partial charge in [-0.1, -0.05) is 0 Å². The van der Waals surface area contributed by atoms with Gasteiger partial charge in [-0.05, 0) is 55.7 Å². The number of hydrogen-bond acceptors (Lipinski definition) is 6. The number of pyridine rings is 1. The van der Waals surface area contributed by atoms with Crippen molar-refractivity contribution in [3.05, 3.63) is 82.3 Å². The van der Waals surface area contributed by atoms with Gasteiger partial charge < -0.3 is 20.1 Å². The van der Waals surface area contributed by atoms with E-state index in [1.165, 1.54) is 25.5 Å². The summed E-state index contributed by atoms with van der Waals surface area (Å²) in [5.74, 6) is -0.385. The summed E-state index contributed by atoms with van der Waals surface area (Å²) in [6.45, 7) is 2.98. The summed E-state index contributed by atoms with van der Waals surface area (Å²) in [6.07, 6.45) is 5.12. The quantitative estimate of drug-likeness (QED) is 0.563. The fourth-order valence-electron chi connectivity index (χ4n) is 4.80. The zero-order valence-electron chi connectivity index (χ0n) is 19.1. The number of benzene rings is 1. The van der Waals surface area contributed by atoms with Crippen molar-refractivity contribution < 1.29 is 14.4 Å². The van der Waals surface area contributed by atoms with Crippen LogP contribution in [0.1, 0.15) is 45.8 Å². The number of amides is 3. The molecule has 5 rings (SSSR count). The lowest BCUT2D eigenvalue weighted by molar-refractivity contribution is 0.101. The highest BCUT2D eigenvalue weighted by Crippen LogP contribution is 2.35. The second kappa shape index (κ2) is 9.13. The summed E-state index contributed by atoms with van der Waals surface area (Å²) in [5, 5.41) is 5.53. The average molecular weight is 473 g/mol. The van der Waals surface area contributed by atoms with Crippen molar-refractivity contribution in [2.75, 3.05) is 23.7 Å². The molecule has 2 aliphatic heterocycles. The minimum atomic E-state index is -0.495. The van der Waals surface area contributed by atoms with E-state index in [-0.39, 0.29) is 40.6 Å². The fraction of sp³-hybridized carbons (Fsp3) is 0.280. The minimum Gasteiger partial charge on any atom is -0.324 e. The van der Waals surface area contributed by atoms with Gasteiger partial charge in [0.15, 0.2) is 5.78 Å². The van der Waals surface area contributed by atoms with Crippen molar-refractivity contribution in [1.82, 2.24) is 19.4 Å². The number of carbonyl (C=O) groups excluding carboxylic acids is 3. The first-order valence-electron chi connectivity index (χ1n) is 11.4. The lowest BCUT2D eigenvalue weighted by Gasteiger charge is -2.42. The van der Waals surface area contributed by atoms with Gasteiger partial charge in [0, 0.05) is 54.9 Å². The molecule has 178 valence electrons. The molecule has 10 heteroatoms. The molecular formula is C25H24N6O4. The molecule has 4 heterocycles. The largest absolute Gasteiger partial charge is 0.324 e. The molecule has 1 fully saturated rings. The van der Waals surface area contributed by atoms with Crippen LogP contribution in [0.4, 0.5) is 16.2 Å². The molecule has 0 spiro atoms. The van der Waals surface area contributed by atoms with E-state index in [1.807, 2.05) is 6.07 Å². The van der Waals surface area contributed by atoms with Crippen LogP contribution in [0.5, 0.6) is 0 Å². The monoisotopic (exact) mass is 472 g/mol. The second-order valence-corrected chi connectivity index (χ2v) is 8.90. The molecule has 0 saturated carbocycles. The molecule has 0 radical (unpaired) electrons. The van der Waals surface area contributed by atoms with Crippen LogP contribution in [0.2, 0.25) is 0 Å². The molecular weight excluding hydrogens is 448 g/mol. The maximum absolute atomic E-state index is 13.1. The lowest BCUT2D eigenvalue weighted by Crippen LogP contribution is -2.50. The third kappa shape index (κ3) is 4.54. The number of aromatic nitrogens is 3. The molecule has 1 saturated heterocycles. The number of nitrogens with one attached hydrogen (secondary N) is 2. The van der Waals surface area contributed by atoms with E-state index >= 15 is 0 Å². The third-order valence-corrected chi connectivity index (χ3v) is 6.48. The number of carbonyl (C=O) groups is 3. The number of piperidine rings is 1. The average Bonchev–Trinajstić information content (AvgIpc) is 2.86. The Morgan fingerprint density at radius 1 is 0.971 bits per heavy atom. The van der Waals surface area contributed by atoms with E-state index in [2.05, 4.69) is 20.6 Å². The van der Waals surface area contributed by atoms with E-state index < -0.39 is 5.91 Å². The zero-order valence-corrected chi connectivity index (χ0v) is 19.1. The number of ketones is 1. The molecule has 2 aliphatic rings. The summed E-state index contributed by atoms with van der Waals surface area (Å²) in [5.41, 5.74) is 2.11.